The number of benzene rings is 1. The van der Waals surface area contributed by atoms with Crippen molar-refractivity contribution >= 4 is 22.7 Å². The first-order chi connectivity index (χ1) is 8.93. The average molecular weight is 259 g/mol. The molecule has 0 N–H and O–H groups in total. The fourth-order valence-corrected chi connectivity index (χ4v) is 1.97. The molecule has 1 aromatic heterocycles. The zero-order chi connectivity index (χ0) is 14.2. The van der Waals surface area contributed by atoms with Gasteiger partial charge in [-0.15, -0.1) is 0 Å². The van der Waals surface area contributed by atoms with Gasteiger partial charge >= 0.3 is 0 Å². The van der Waals surface area contributed by atoms with Crippen LogP contribution >= 0.6 is 0 Å². The molecule has 0 atom stereocenters. The molecule has 1 aromatic carbocycles. The molecule has 6 heteroatoms. The molecule has 0 aliphatic carbocycles. The lowest BCUT2D eigenvalue weighted by molar-refractivity contribution is -0.126. The van der Waals surface area contributed by atoms with Gasteiger partial charge in [0, 0.05) is 13.8 Å². The Hall–Kier alpha value is -2.50. The number of hydrogen-bond donors (Lipinski definition) is 0. The molecule has 0 aliphatic heterocycles. The number of carbonyl (C=O) groups excluding carboxylic acids is 2. The van der Waals surface area contributed by atoms with Gasteiger partial charge in [-0.25, -0.2) is 4.98 Å². The first-order valence-electron chi connectivity index (χ1n) is 5.73. The Kier molecular flexibility index (Phi) is 3.16. The normalized spacial score (nSPS) is 10.5. The maximum atomic E-state index is 12.4. The number of nitrogens with zero attached hydrogens (tertiary/aromatic N) is 3. The molecule has 1 heterocycles. The zero-order valence-corrected chi connectivity index (χ0v) is 10.9. The summed E-state index contributed by atoms with van der Waals surface area (Å²) < 4.78 is 1.01. The van der Waals surface area contributed by atoms with E-state index in [1.54, 1.807) is 31.2 Å². The SMILES string of the molecule is CC(=O)N(C(C)=O)n1c(C)nc2ccccc2c1=O. The summed E-state index contributed by atoms with van der Waals surface area (Å²) in [7, 11) is 0. The fourth-order valence-electron chi connectivity index (χ4n) is 1.97. The van der Waals surface area contributed by atoms with E-state index in [9.17, 15) is 14.4 Å². The number of carbonyl (C=O) groups is 2. The van der Waals surface area contributed by atoms with Crippen molar-refractivity contribution in [3.63, 3.8) is 0 Å². The third kappa shape index (κ3) is 2.12. The Morgan fingerprint density at radius 3 is 2.32 bits per heavy atom. The highest BCUT2D eigenvalue weighted by molar-refractivity contribution is 6.06. The topological polar surface area (TPSA) is 72.3 Å². The van der Waals surface area contributed by atoms with Gasteiger partial charge in [0.1, 0.15) is 5.82 Å². The number of rotatable bonds is 1. The molecule has 0 spiro atoms. The van der Waals surface area contributed by atoms with Gasteiger partial charge in [0.25, 0.3) is 5.56 Å². The Labute approximate surface area is 109 Å². The molecule has 0 radical (unpaired) electrons. The molecule has 0 saturated carbocycles. The number of imide groups is 1. The number of hydrogen-bond acceptors (Lipinski definition) is 4. The molecular formula is C13H13N3O3. The lowest BCUT2D eigenvalue weighted by Gasteiger charge is -2.21. The van der Waals surface area contributed by atoms with Crippen LogP contribution in [0.15, 0.2) is 29.1 Å². The molecule has 2 rings (SSSR count). The van der Waals surface area contributed by atoms with Gasteiger partial charge in [-0.3, -0.25) is 14.4 Å². The molecular weight excluding hydrogens is 246 g/mol. The minimum absolute atomic E-state index is 0.286. The number of fused-ring (bicyclic) bond motifs is 1. The predicted octanol–water partition coefficient (Wildman–Crippen LogP) is 0.736. The molecule has 2 aromatic rings. The van der Waals surface area contributed by atoms with Gasteiger partial charge < -0.3 is 0 Å². The molecule has 98 valence electrons. The average Bonchev–Trinajstić information content (AvgIpc) is 2.33. The van der Waals surface area contributed by atoms with E-state index in [0.717, 1.165) is 9.69 Å². The van der Waals surface area contributed by atoms with Gasteiger partial charge in [-0.1, -0.05) is 12.1 Å². The van der Waals surface area contributed by atoms with Crippen molar-refractivity contribution < 1.29 is 9.59 Å². The van der Waals surface area contributed by atoms with Crippen molar-refractivity contribution in [3.8, 4) is 0 Å². The fraction of sp³-hybridized carbons (Fsp3) is 0.231. The van der Waals surface area contributed by atoms with E-state index >= 15 is 0 Å². The molecule has 0 aliphatic rings. The van der Waals surface area contributed by atoms with Crippen molar-refractivity contribution in [2.45, 2.75) is 20.8 Å². The largest absolute Gasteiger partial charge is 0.280 e. The second-order valence-corrected chi connectivity index (χ2v) is 4.14. The minimum Gasteiger partial charge on any atom is -0.273 e. The third-order valence-electron chi connectivity index (χ3n) is 2.71. The highest BCUT2D eigenvalue weighted by Gasteiger charge is 2.21. The van der Waals surface area contributed by atoms with Crippen LogP contribution in [0.25, 0.3) is 10.9 Å². The van der Waals surface area contributed by atoms with Crippen molar-refractivity contribution in [1.29, 1.82) is 0 Å². The Morgan fingerprint density at radius 1 is 1.16 bits per heavy atom. The van der Waals surface area contributed by atoms with E-state index in [4.69, 9.17) is 0 Å². The molecule has 2 amide bonds. The van der Waals surface area contributed by atoms with Crippen molar-refractivity contribution in [3.05, 3.63) is 40.4 Å². The first kappa shape index (κ1) is 12.9. The van der Waals surface area contributed by atoms with E-state index in [2.05, 4.69) is 4.98 Å². The predicted molar refractivity (Wildman–Crippen MR) is 70.3 cm³/mol. The third-order valence-corrected chi connectivity index (χ3v) is 2.71. The summed E-state index contributed by atoms with van der Waals surface area (Å²) in [6.07, 6.45) is 0. The van der Waals surface area contributed by atoms with Crippen LogP contribution in [0.4, 0.5) is 0 Å². The Bertz CT molecular complexity index is 719. The zero-order valence-electron chi connectivity index (χ0n) is 10.9. The highest BCUT2D eigenvalue weighted by Crippen LogP contribution is 2.08. The number of aryl methyl sites for hydroxylation is 1. The molecule has 0 saturated heterocycles. The summed E-state index contributed by atoms with van der Waals surface area (Å²) in [5.74, 6) is -0.779. The number of aromatic nitrogens is 2. The molecule has 0 unspecified atom stereocenters. The van der Waals surface area contributed by atoms with E-state index in [1.807, 2.05) is 0 Å². The molecule has 0 fully saturated rings. The summed E-state index contributed by atoms with van der Waals surface area (Å²) in [6.45, 7) is 4.03. The summed E-state index contributed by atoms with van der Waals surface area (Å²) in [4.78, 5) is 39.7. The monoisotopic (exact) mass is 259 g/mol. The summed E-state index contributed by atoms with van der Waals surface area (Å²) in [5.41, 5.74) is 0.0989. The van der Waals surface area contributed by atoms with Crippen LogP contribution in [-0.2, 0) is 9.59 Å². The minimum atomic E-state index is -0.533. The standard InChI is InChI=1S/C13H13N3O3/c1-8-14-12-7-5-4-6-11(12)13(19)15(8)16(9(2)17)10(3)18/h4-7H,1-3H3. The van der Waals surface area contributed by atoms with E-state index in [0.29, 0.717) is 10.9 Å². The van der Waals surface area contributed by atoms with Gasteiger partial charge in [-0.2, -0.15) is 9.69 Å². The van der Waals surface area contributed by atoms with Crippen LogP contribution in [0.2, 0.25) is 0 Å². The van der Waals surface area contributed by atoms with Gasteiger partial charge in [0.15, 0.2) is 0 Å². The van der Waals surface area contributed by atoms with Crippen LogP contribution in [0.3, 0.4) is 0 Å². The maximum Gasteiger partial charge on any atom is 0.280 e. The quantitative estimate of drug-likeness (QED) is 0.757. The second kappa shape index (κ2) is 4.64. The van der Waals surface area contributed by atoms with Crippen LogP contribution in [0, 0.1) is 6.92 Å². The van der Waals surface area contributed by atoms with Crippen LogP contribution < -0.4 is 10.6 Å². The van der Waals surface area contributed by atoms with Crippen molar-refractivity contribution in [2.24, 2.45) is 0 Å². The first-order valence-corrected chi connectivity index (χ1v) is 5.73. The van der Waals surface area contributed by atoms with E-state index in [-0.39, 0.29) is 5.82 Å². The second-order valence-electron chi connectivity index (χ2n) is 4.14. The number of amides is 2. The maximum absolute atomic E-state index is 12.4. The molecule has 6 nitrogen and oxygen atoms in total. The van der Waals surface area contributed by atoms with Gasteiger partial charge in [-0.05, 0) is 19.1 Å². The van der Waals surface area contributed by atoms with E-state index < -0.39 is 17.4 Å². The summed E-state index contributed by atoms with van der Waals surface area (Å²) in [6, 6.07) is 6.79. The smallest absolute Gasteiger partial charge is 0.273 e. The van der Waals surface area contributed by atoms with E-state index in [1.165, 1.54) is 13.8 Å². The van der Waals surface area contributed by atoms with Crippen LogP contribution in [0.1, 0.15) is 19.7 Å². The van der Waals surface area contributed by atoms with Crippen LogP contribution in [0.5, 0.6) is 0 Å². The van der Waals surface area contributed by atoms with Gasteiger partial charge in [0.05, 0.1) is 10.9 Å². The number of para-hydroxylation sites is 1. The van der Waals surface area contributed by atoms with Crippen molar-refractivity contribution in [2.75, 3.05) is 5.01 Å². The molecule has 0 bridgehead atoms. The highest BCUT2D eigenvalue weighted by atomic mass is 16.2. The Morgan fingerprint density at radius 2 is 1.74 bits per heavy atom. The summed E-state index contributed by atoms with van der Waals surface area (Å²) in [5, 5.41) is 1.15. The lowest BCUT2D eigenvalue weighted by Crippen LogP contribution is -2.49. The van der Waals surface area contributed by atoms with Crippen molar-refractivity contribution in [1.82, 2.24) is 9.66 Å². The summed E-state index contributed by atoms with van der Waals surface area (Å²) >= 11 is 0. The van der Waals surface area contributed by atoms with Crippen LogP contribution in [-0.4, -0.2) is 21.5 Å². The van der Waals surface area contributed by atoms with Gasteiger partial charge in [0.2, 0.25) is 11.8 Å². The molecule has 19 heavy (non-hydrogen) atoms. The lowest BCUT2D eigenvalue weighted by atomic mass is 10.2. The Balaban J connectivity index is 2.84.